The molecule has 0 fully saturated rings. The molecule has 146 valence electrons. The Morgan fingerprint density at radius 2 is 1.85 bits per heavy atom. The minimum atomic E-state index is -5.08. The van der Waals surface area contributed by atoms with Crippen LogP contribution in [-0.4, -0.2) is 34.5 Å². The standard InChI is InChI=1S/C19H20ClF3N2O2/c1-17(2)10-25(9-12-6-4-3-5-7-12)15-13(17)8-14(24-16(15)20)18(27,11-26)19(21,22)23/h3-8,26-27H,9-11H2,1-2H3/t18-/m0/s1. The third-order valence-corrected chi connectivity index (χ3v) is 5.18. The van der Waals surface area contributed by atoms with Gasteiger partial charge in [0.15, 0.2) is 5.15 Å². The highest BCUT2D eigenvalue weighted by atomic mass is 35.5. The van der Waals surface area contributed by atoms with Crippen LogP contribution in [-0.2, 0) is 17.6 Å². The maximum Gasteiger partial charge on any atom is 0.425 e. The number of benzene rings is 1. The highest BCUT2D eigenvalue weighted by Gasteiger charge is 2.56. The molecule has 1 aliphatic heterocycles. The average Bonchev–Trinajstić information content (AvgIpc) is 2.84. The smallest absolute Gasteiger partial charge is 0.393 e. The van der Waals surface area contributed by atoms with Crippen molar-refractivity contribution < 1.29 is 23.4 Å². The summed E-state index contributed by atoms with van der Waals surface area (Å²) in [5.41, 5.74) is -2.53. The summed E-state index contributed by atoms with van der Waals surface area (Å²) < 4.78 is 40.0. The van der Waals surface area contributed by atoms with E-state index >= 15 is 0 Å². The van der Waals surface area contributed by atoms with Gasteiger partial charge in [-0.2, -0.15) is 13.2 Å². The topological polar surface area (TPSA) is 56.6 Å². The molecule has 1 aliphatic rings. The first kappa shape index (κ1) is 19.9. The number of rotatable bonds is 4. The zero-order valence-corrected chi connectivity index (χ0v) is 15.6. The molecular weight excluding hydrogens is 381 g/mol. The molecule has 27 heavy (non-hydrogen) atoms. The lowest BCUT2D eigenvalue weighted by molar-refractivity contribution is -0.279. The lowest BCUT2D eigenvalue weighted by atomic mass is 9.85. The molecule has 8 heteroatoms. The van der Waals surface area contributed by atoms with E-state index in [2.05, 4.69) is 4.98 Å². The van der Waals surface area contributed by atoms with E-state index in [9.17, 15) is 23.4 Å². The number of anilines is 1. The highest BCUT2D eigenvalue weighted by Crippen LogP contribution is 2.47. The van der Waals surface area contributed by atoms with Gasteiger partial charge in [0.2, 0.25) is 5.60 Å². The number of halogens is 4. The summed E-state index contributed by atoms with van der Waals surface area (Å²) in [6.07, 6.45) is -5.08. The Bertz CT molecular complexity index is 843. The second-order valence-electron chi connectivity index (χ2n) is 7.44. The van der Waals surface area contributed by atoms with E-state index in [4.69, 9.17) is 11.6 Å². The molecule has 0 amide bonds. The van der Waals surface area contributed by atoms with Gasteiger partial charge in [-0.25, -0.2) is 4.98 Å². The minimum Gasteiger partial charge on any atom is -0.393 e. The number of pyridine rings is 1. The summed E-state index contributed by atoms with van der Waals surface area (Å²) in [7, 11) is 0. The van der Waals surface area contributed by atoms with Crippen molar-refractivity contribution >= 4 is 17.3 Å². The van der Waals surface area contributed by atoms with Crippen molar-refractivity contribution in [1.29, 1.82) is 0 Å². The lowest BCUT2D eigenvalue weighted by Crippen LogP contribution is -2.46. The third kappa shape index (κ3) is 3.39. The van der Waals surface area contributed by atoms with E-state index in [-0.39, 0.29) is 5.15 Å². The normalized spacial score (nSPS) is 18.3. The SMILES string of the molecule is CC1(C)CN(Cc2ccccc2)c2c1cc([C@@](O)(CO)C(F)(F)F)nc2Cl. The molecule has 1 aromatic carbocycles. The first-order valence-electron chi connectivity index (χ1n) is 8.40. The van der Waals surface area contributed by atoms with E-state index in [1.807, 2.05) is 49.1 Å². The highest BCUT2D eigenvalue weighted by molar-refractivity contribution is 6.32. The summed E-state index contributed by atoms with van der Waals surface area (Å²) in [5.74, 6) is 0. The summed E-state index contributed by atoms with van der Waals surface area (Å²) in [4.78, 5) is 5.77. The molecule has 4 nitrogen and oxygen atoms in total. The van der Waals surface area contributed by atoms with E-state index < -0.39 is 29.5 Å². The van der Waals surface area contributed by atoms with Crippen molar-refractivity contribution in [2.24, 2.45) is 0 Å². The molecule has 1 atom stereocenters. The number of aromatic nitrogens is 1. The average molecular weight is 401 g/mol. The van der Waals surface area contributed by atoms with Gasteiger partial charge in [0.1, 0.15) is 0 Å². The first-order chi connectivity index (χ1) is 12.5. The Balaban J connectivity index is 2.09. The van der Waals surface area contributed by atoms with E-state index in [0.29, 0.717) is 24.3 Å². The molecule has 0 unspecified atom stereocenters. The van der Waals surface area contributed by atoms with Gasteiger partial charge in [0, 0.05) is 18.5 Å². The van der Waals surface area contributed by atoms with Crippen molar-refractivity contribution in [1.82, 2.24) is 4.98 Å². The number of nitrogens with zero attached hydrogens (tertiary/aromatic N) is 2. The minimum absolute atomic E-state index is 0.125. The molecule has 0 saturated heterocycles. The van der Waals surface area contributed by atoms with Crippen LogP contribution in [0.25, 0.3) is 0 Å². The van der Waals surface area contributed by atoms with Crippen LogP contribution < -0.4 is 4.90 Å². The predicted octanol–water partition coefficient (Wildman–Crippen LogP) is 3.78. The number of aliphatic hydroxyl groups excluding tert-OH is 1. The Labute approximate surface area is 160 Å². The lowest BCUT2D eigenvalue weighted by Gasteiger charge is -2.29. The third-order valence-electron chi connectivity index (χ3n) is 4.92. The fourth-order valence-corrected chi connectivity index (χ4v) is 3.74. The van der Waals surface area contributed by atoms with Gasteiger partial charge in [-0.3, -0.25) is 0 Å². The molecule has 0 saturated carbocycles. The molecule has 2 heterocycles. The molecule has 0 spiro atoms. The molecule has 0 aliphatic carbocycles. The second-order valence-corrected chi connectivity index (χ2v) is 7.79. The van der Waals surface area contributed by atoms with Crippen molar-refractivity contribution in [2.75, 3.05) is 18.1 Å². The van der Waals surface area contributed by atoms with Gasteiger partial charge in [0.25, 0.3) is 0 Å². The Kier molecular flexibility index (Phi) is 4.91. The van der Waals surface area contributed by atoms with Crippen LogP contribution in [0.2, 0.25) is 5.15 Å². The molecule has 0 radical (unpaired) electrons. The molecule has 0 bridgehead atoms. The number of fused-ring (bicyclic) bond motifs is 1. The van der Waals surface area contributed by atoms with Crippen LogP contribution in [0.4, 0.5) is 18.9 Å². The van der Waals surface area contributed by atoms with Crippen LogP contribution in [0, 0.1) is 0 Å². The van der Waals surface area contributed by atoms with E-state index in [1.54, 1.807) is 0 Å². The predicted molar refractivity (Wildman–Crippen MR) is 96.8 cm³/mol. The van der Waals surface area contributed by atoms with Crippen molar-refractivity contribution in [3.8, 4) is 0 Å². The van der Waals surface area contributed by atoms with Crippen LogP contribution in [0.1, 0.15) is 30.7 Å². The van der Waals surface area contributed by atoms with Crippen LogP contribution in [0.3, 0.4) is 0 Å². The van der Waals surface area contributed by atoms with Gasteiger partial charge in [0.05, 0.1) is 18.0 Å². The van der Waals surface area contributed by atoms with Crippen molar-refractivity contribution in [3.05, 3.63) is 58.4 Å². The summed E-state index contributed by atoms with van der Waals surface area (Å²) in [5, 5.41) is 19.1. The van der Waals surface area contributed by atoms with Gasteiger partial charge < -0.3 is 15.1 Å². The maximum atomic E-state index is 13.3. The number of alkyl halides is 3. The van der Waals surface area contributed by atoms with Crippen molar-refractivity contribution in [3.63, 3.8) is 0 Å². The van der Waals surface area contributed by atoms with Crippen LogP contribution >= 0.6 is 11.6 Å². The molecule has 3 rings (SSSR count). The summed E-state index contributed by atoms with van der Waals surface area (Å²) in [6, 6.07) is 10.8. The molecule has 2 N–H and O–H groups in total. The second kappa shape index (κ2) is 6.65. The van der Waals surface area contributed by atoms with Gasteiger partial charge in [-0.1, -0.05) is 55.8 Å². The number of hydrogen-bond donors (Lipinski definition) is 2. The van der Waals surface area contributed by atoms with Gasteiger partial charge in [-0.05, 0) is 17.2 Å². The molecule has 2 aromatic rings. The molecular formula is C19H20ClF3N2O2. The number of hydrogen-bond acceptors (Lipinski definition) is 4. The Morgan fingerprint density at radius 1 is 1.22 bits per heavy atom. The van der Waals surface area contributed by atoms with Crippen LogP contribution in [0.15, 0.2) is 36.4 Å². The van der Waals surface area contributed by atoms with E-state index in [0.717, 1.165) is 5.56 Å². The number of aliphatic hydroxyl groups is 2. The zero-order chi connectivity index (χ0) is 20.0. The summed E-state index contributed by atoms with van der Waals surface area (Å²) in [6.45, 7) is 3.31. The molecule has 1 aromatic heterocycles. The largest absolute Gasteiger partial charge is 0.425 e. The van der Waals surface area contributed by atoms with Crippen molar-refractivity contribution in [2.45, 2.75) is 37.6 Å². The zero-order valence-electron chi connectivity index (χ0n) is 14.9. The van der Waals surface area contributed by atoms with Gasteiger partial charge >= 0.3 is 6.18 Å². The fraction of sp³-hybridized carbons (Fsp3) is 0.421. The van der Waals surface area contributed by atoms with E-state index in [1.165, 1.54) is 6.07 Å². The maximum absolute atomic E-state index is 13.3. The fourth-order valence-electron chi connectivity index (χ4n) is 3.43. The Morgan fingerprint density at radius 3 is 2.41 bits per heavy atom. The van der Waals surface area contributed by atoms with Crippen LogP contribution in [0.5, 0.6) is 0 Å². The first-order valence-corrected chi connectivity index (χ1v) is 8.78. The monoisotopic (exact) mass is 400 g/mol. The van der Waals surface area contributed by atoms with Gasteiger partial charge in [-0.15, -0.1) is 0 Å². The Hall–Kier alpha value is -1.83. The summed E-state index contributed by atoms with van der Waals surface area (Å²) >= 11 is 6.26. The quantitative estimate of drug-likeness (QED) is 0.767.